The minimum atomic E-state index is -0.107. The van der Waals surface area contributed by atoms with Crippen LogP contribution >= 0.6 is 15.9 Å². The second kappa shape index (κ2) is 9.18. The van der Waals surface area contributed by atoms with Crippen molar-refractivity contribution in [2.75, 3.05) is 26.2 Å². The topological polar surface area (TPSA) is 75.4 Å². The fraction of sp³-hybridized carbons (Fsp3) is 0.556. The first-order chi connectivity index (χ1) is 11.5. The molecule has 5 nitrogen and oxygen atoms in total. The lowest BCUT2D eigenvalue weighted by Gasteiger charge is -2.32. The van der Waals surface area contributed by atoms with Gasteiger partial charge in [0.2, 0.25) is 11.8 Å². The van der Waals surface area contributed by atoms with Crippen LogP contribution in [0.15, 0.2) is 22.7 Å². The summed E-state index contributed by atoms with van der Waals surface area (Å²) >= 11 is 3.49. The van der Waals surface area contributed by atoms with E-state index in [4.69, 9.17) is 5.73 Å². The fourth-order valence-corrected chi connectivity index (χ4v) is 3.28. The van der Waals surface area contributed by atoms with E-state index < -0.39 is 0 Å². The summed E-state index contributed by atoms with van der Waals surface area (Å²) in [6.45, 7) is 4.25. The zero-order chi connectivity index (χ0) is 17.5. The number of carbonyl (C=O) groups is 2. The quantitative estimate of drug-likeness (QED) is 0.773. The highest BCUT2D eigenvalue weighted by Crippen LogP contribution is 2.20. The molecule has 0 aliphatic carbocycles. The number of piperidine rings is 1. The summed E-state index contributed by atoms with van der Waals surface area (Å²) in [7, 11) is 0. The summed E-state index contributed by atoms with van der Waals surface area (Å²) in [5, 5.41) is 2.82. The van der Waals surface area contributed by atoms with Gasteiger partial charge in [0.25, 0.3) is 0 Å². The number of nitrogens with one attached hydrogen (secondary N) is 1. The van der Waals surface area contributed by atoms with Crippen molar-refractivity contribution in [1.82, 2.24) is 10.2 Å². The number of likely N-dealkylation sites (tertiary alicyclic amines) is 1. The summed E-state index contributed by atoms with van der Waals surface area (Å²) in [6.07, 6.45) is 2.93. The van der Waals surface area contributed by atoms with Gasteiger partial charge >= 0.3 is 0 Å². The number of hydrogen-bond donors (Lipinski definition) is 2. The average Bonchev–Trinajstić information content (AvgIpc) is 2.60. The molecule has 1 aromatic carbocycles. The van der Waals surface area contributed by atoms with Crippen LogP contribution in [-0.4, -0.2) is 42.9 Å². The average molecular weight is 396 g/mol. The summed E-state index contributed by atoms with van der Waals surface area (Å²) in [4.78, 5) is 26.4. The molecule has 1 saturated heterocycles. The highest BCUT2D eigenvalue weighted by molar-refractivity contribution is 9.10. The third kappa shape index (κ3) is 5.31. The summed E-state index contributed by atoms with van der Waals surface area (Å²) in [5.74, 6) is 0.0394. The Hall–Kier alpha value is -1.40. The van der Waals surface area contributed by atoms with Crippen LogP contribution in [0.2, 0.25) is 0 Å². The molecule has 0 saturated carbocycles. The maximum atomic E-state index is 12.5. The van der Waals surface area contributed by atoms with Gasteiger partial charge in [-0.3, -0.25) is 9.59 Å². The van der Waals surface area contributed by atoms with Crippen LogP contribution in [0.4, 0.5) is 0 Å². The van der Waals surface area contributed by atoms with Crippen LogP contribution in [0.1, 0.15) is 30.4 Å². The number of carbonyl (C=O) groups excluding carboxylic acids is 2. The van der Waals surface area contributed by atoms with Crippen molar-refractivity contribution in [2.45, 2.75) is 32.6 Å². The Morgan fingerprint density at radius 1 is 1.42 bits per heavy atom. The SMILES string of the molecule is Cc1cc(CCC(=O)N2CCCC(C(=O)NCCN)C2)ccc1Br. The van der Waals surface area contributed by atoms with Crippen molar-refractivity contribution in [1.29, 1.82) is 0 Å². The van der Waals surface area contributed by atoms with E-state index in [9.17, 15) is 9.59 Å². The van der Waals surface area contributed by atoms with Gasteiger partial charge in [-0.15, -0.1) is 0 Å². The first-order valence-corrected chi connectivity index (χ1v) is 9.31. The Kier molecular flexibility index (Phi) is 7.24. The maximum absolute atomic E-state index is 12.5. The summed E-state index contributed by atoms with van der Waals surface area (Å²) < 4.78 is 1.08. The number of nitrogens with zero attached hydrogens (tertiary/aromatic N) is 1. The van der Waals surface area contributed by atoms with Crippen LogP contribution in [0.5, 0.6) is 0 Å². The van der Waals surface area contributed by atoms with Gasteiger partial charge in [0, 0.05) is 37.1 Å². The Morgan fingerprint density at radius 3 is 2.92 bits per heavy atom. The van der Waals surface area contributed by atoms with Crippen molar-refractivity contribution in [2.24, 2.45) is 11.7 Å². The maximum Gasteiger partial charge on any atom is 0.224 e. The van der Waals surface area contributed by atoms with Gasteiger partial charge in [0.05, 0.1) is 5.92 Å². The molecule has 1 aliphatic heterocycles. The predicted octanol–water partition coefficient (Wildman–Crippen LogP) is 2.00. The first-order valence-electron chi connectivity index (χ1n) is 8.52. The molecule has 1 atom stereocenters. The van der Waals surface area contributed by atoms with Gasteiger partial charge in [0.1, 0.15) is 0 Å². The van der Waals surface area contributed by atoms with E-state index in [0.717, 1.165) is 30.3 Å². The van der Waals surface area contributed by atoms with Crippen molar-refractivity contribution >= 4 is 27.7 Å². The molecule has 1 heterocycles. The number of benzene rings is 1. The Bertz CT molecular complexity index is 592. The van der Waals surface area contributed by atoms with Gasteiger partial charge < -0.3 is 16.0 Å². The molecular weight excluding hydrogens is 370 g/mol. The van der Waals surface area contributed by atoms with Crippen LogP contribution in [-0.2, 0) is 16.0 Å². The van der Waals surface area contributed by atoms with E-state index in [0.29, 0.717) is 26.1 Å². The number of nitrogens with two attached hydrogens (primary N) is 1. The standard InChI is InChI=1S/C18H26BrN3O2/c1-13-11-14(4-6-16(13)19)5-7-17(23)22-10-2-3-15(12-22)18(24)21-9-8-20/h4,6,11,15H,2-3,5,7-10,12,20H2,1H3,(H,21,24). The van der Waals surface area contributed by atoms with E-state index in [-0.39, 0.29) is 17.7 Å². The van der Waals surface area contributed by atoms with Crippen molar-refractivity contribution in [3.8, 4) is 0 Å². The minimum Gasteiger partial charge on any atom is -0.355 e. The molecule has 132 valence electrons. The molecule has 0 aromatic heterocycles. The highest BCUT2D eigenvalue weighted by Gasteiger charge is 2.27. The highest BCUT2D eigenvalue weighted by atomic mass is 79.9. The van der Waals surface area contributed by atoms with E-state index in [1.807, 2.05) is 24.0 Å². The zero-order valence-corrected chi connectivity index (χ0v) is 15.8. The molecule has 2 rings (SSSR count). The Balaban J connectivity index is 1.85. The van der Waals surface area contributed by atoms with Gasteiger partial charge in [0.15, 0.2) is 0 Å². The van der Waals surface area contributed by atoms with Crippen LogP contribution in [0.25, 0.3) is 0 Å². The lowest BCUT2D eigenvalue weighted by atomic mass is 9.96. The molecule has 1 aliphatic rings. The molecule has 24 heavy (non-hydrogen) atoms. The number of halogens is 1. The molecule has 0 radical (unpaired) electrons. The molecule has 1 fully saturated rings. The predicted molar refractivity (Wildman–Crippen MR) is 98.6 cm³/mol. The zero-order valence-electron chi connectivity index (χ0n) is 14.2. The van der Waals surface area contributed by atoms with E-state index >= 15 is 0 Å². The van der Waals surface area contributed by atoms with Gasteiger partial charge in [-0.25, -0.2) is 0 Å². The molecule has 3 N–H and O–H groups in total. The van der Waals surface area contributed by atoms with Crippen molar-refractivity contribution < 1.29 is 9.59 Å². The number of hydrogen-bond acceptors (Lipinski definition) is 3. The molecule has 2 amide bonds. The summed E-state index contributed by atoms with van der Waals surface area (Å²) in [5.41, 5.74) is 7.76. The summed E-state index contributed by atoms with van der Waals surface area (Å²) in [6, 6.07) is 6.17. The van der Waals surface area contributed by atoms with Crippen LogP contribution in [0.3, 0.4) is 0 Å². The number of aryl methyl sites for hydroxylation is 2. The van der Waals surface area contributed by atoms with Crippen molar-refractivity contribution in [3.05, 3.63) is 33.8 Å². The van der Waals surface area contributed by atoms with Crippen LogP contribution < -0.4 is 11.1 Å². The molecule has 0 bridgehead atoms. The second-order valence-corrected chi connectivity index (χ2v) is 7.20. The Labute approximate surface area is 152 Å². The first kappa shape index (κ1) is 18.9. The lowest BCUT2D eigenvalue weighted by molar-refractivity contribution is -0.135. The second-order valence-electron chi connectivity index (χ2n) is 6.34. The van der Waals surface area contributed by atoms with E-state index in [1.165, 1.54) is 11.1 Å². The molecule has 6 heteroatoms. The molecular formula is C18H26BrN3O2. The van der Waals surface area contributed by atoms with Gasteiger partial charge in [-0.05, 0) is 43.4 Å². The third-order valence-corrected chi connectivity index (χ3v) is 5.33. The monoisotopic (exact) mass is 395 g/mol. The molecule has 1 aromatic rings. The van der Waals surface area contributed by atoms with Gasteiger partial charge in [-0.1, -0.05) is 28.1 Å². The third-order valence-electron chi connectivity index (χ3n) is 4.44. The number of rotatable bonds is 6. The molecule has 1 unspecified atom stereocenters. The minimum absolute atomic E-state index is 0.0153. The largest absolute Gasteiger partial charge is 0.355 e. The lowest BCUT2D eigenvalue weighted by Crippen LogP contribution is -2.46. The Morgan fingerprint density at radius 2 is 2.21 bits per heavy atom. The molecule has 0 spiro atoms. The van der Waals surface area contributed by atoms with Crippen molar-refractivity contribution in [3.63, 3.8) is 0 Å². The number of amides is 2. The fourth-order valence-electron chi connectivity index (χ4n) is 3.03. The van der Waals surface area contributed by atoms with E-state index in [1.54, 1.807) is 0 Å². The smallest absolute Gasteiger partial charge is 0.224 e. The van der Waals surface area contributed by atoms with Crippen LogP contribution in [0, 0.1) is 12.8 Å². The van der Waals surface area contributed by atoms with E-state index in [2.05, 4.69) is 27.3 Å². The van der Waals surface area contributed by atoms with Gasteiger partial charge in [-0.2, -0.15) is 0 Å². The normalized spacial score (nSPS) is 17.6.